The third-order valence-corrected chi connectivity index (χ3v) is 4.70. The van der Waals surface area contributed by atoms with Gasteiger partial charge in [0.15, 0.2) is 17.3 Å². The van der Waals surface area contributed by atoms with Gasteiger partial charge in [0.2, 0.25) is 5.82 Å². The first-order valence-corrected chi connectivity index (χ1v) is 8.46. The van der Waals surface area contributed by atoms with Crippen LogP contribution in [0.5, 0.6) is 5.75 Å². The van der Waals surface area contributed by atoms with E-state index in [0.29, 0.717) is 19.3 Å². The summed E-state index contributed by atoms with van der Waals surface area (Å²) < 4.78 is 33.5. The highest BCUT2D eigenvalue weighted by atomic mass is 19.2. The van der Waals surface area contributed by atoms with Crippen LogP contribution in [0.3, 0.4) is 0 Å². The van der Waals surface area contributed by atoms with E-state index >= 15 is 0 Å². The minimum Gasteiger partial charge on any atom is -0.490 e. The Morgan fingerprint density at radius 3 is 2.84 bits per heavy atom. The standard InChI is InChI=1S/C18H21F2N3O2/c1-18(8-9-18)17(24)14(23-12-21-11-22-23)6-2-3-10-25-15-7-4-5-13(19)16(15)20/h4-5,7,11-12,14H,2-3,6,8-10H2,1H3. The molecule has 1 heterocycles. The quantitative estimate of drug-likeness (QED) is 0.648. The lowest BCUT2D eigenvalue weighted by Crippen LogP contribution is -2.26. The second-order valence-corrected chi connectivity index (χ2v) is 6.71. The topological polar surface area (TPSA) is 57.0 Å². The Bertz CT molecular complexity index is 730. The third-order valence-electron chi connectivity index (χ3n) is 4.70. The largest absolute Gasteiger partial charge is 0.490 e. The predicted molar refractivity (Wildman–Crippen MR) is 87.1 cm³/mol. The Hall–Kier alpha value is -2.31. The Morgan fingerprint density at radius 1 is 1.36 bits per heavy atom. The van der Waals surface area contributed by atoms with Gasteiger partial charge in [-0.2, -0.15) is 9.49 Å². The van der Waals surface area contributed by atoms with E-state index in [9.17, 15) is 13.6 Å². The first-order chi connectivity index (χ1) is 12.0. The molecule has 2 aromatic rings. The molecule has 134 valence electrons. The van der Waals surface area contributed by atoms with Crippen LogP contribution in [0.4, 0.5) is 8.78 Å². The number of halogens is 2. The number of carbonyl (C=O) groups is 1. The lowest BCUT2D eigenvalue weighted by molar-refractivity contribution is -0.127. The summed E-state index contributed by atoms with van der Waals surface area (Å²) in [5, 5.41) is 4.11. The maximum absolute atomic E-state index is 13.5. The van der Waals surface area contributed by atoms with Gasteiger partial charge in [-0.1, -0.05) is 13.0 Å². The molecule has 25 heavy (non-hydrogen) atoms. The second-order valence-electron chi connectivity index (χ2n) is 6.71. The number of aromatic nitrogens is 3. The van der Waals surface area contributed by atoms with Crippen molar-refractivity contribution in [3.05, 3.63) is 42.5 Å². The van der Waals surface area contributed by atoms with E-state index in [-0.39, 0.29) is 29.6 Å². The number of benzene rings is 1. The molecule has 0 spiro atoms. The first kappa shape index (κ1) is 17.5. The van der Waals surface area contributed by atoms with Crippen molar-refractivity contribution in [3.63, 3.8) is 0 Å². The van der Waals surface area contributed by atoms with Crippen molar-refractivity contribution in [2.45, 2.75) is 45.1 Å². The highest BCUT2D eigenvalue weighted by molar-refractivity contribution is 5.90. The zero-order chi connectivity index (χ0) is 17.9. The molecular weight excluding hydrogens is 328 g/mol. The van der Waals surface area contributed by atoms with Gasteiger partial charge in [-0.3, -0.25) is 4.79 Å². The molecule has 0 amide bonds. The van der Waals surface area contributed by atoms with Crippen molar-refractivity contribution in [2.75, 3.05) is 6.61 Å². The van der Waals surface area contributed by atoms with E-state index < -0.39 is 11.6 Å². The molecule has 1 aromatic carbocycles. The average Bonchev–Trinajstić information content (AvgIpc) is 3.13. The molecule has 0 bridgehead atoms. The van der Waals surface area contributed by atoms with Crippen LogP contribution in [0.15, 0.2) is 30.9 Å². The van der Waals surface area contributed by atoms with Crippen molar-refractivity contribution in [1.29, 1.82) is 0 Å². The molecule has 1 aliphatic rings. The van der Waals surface area contributed by atoms with Crippen molar-refractivity contribution < 1.29 is 18.3 Å². The van der Waals surface area contributed by atoms with Gasteiger partial charge in [0.1, 0.15) is 18.7 Å². The van der Waals surface area contributed by atoms with Gasteiger partial charge in [0.25, 0.3) is 0 Å². The smallest absolute Gasteiger partial charge is 0.200 e. The van der Waals surface area contributed by atoms with Crippen LogP contribution in [0.1, 0.15) is 45.1 Å². The number of hydrogen-bond acceptors (Lipinski definition) is 4. The Labute approximate surface area is 145 Å². The lowest BCUT2D eigenvalue weighted by Gasteiger charge is -2.19. The third kappa shape index (κ3) is 4.03. The molecule has 1 aromatic heterocycles. The number of ketones is 1. The summed E-state index contributed by atoms with van der Waals surface area (Å²) in [5.41, 5.74) is -0.238. The predicted octanol–water partition coefficient (Wildman–Crippen LogP) is 3.72. The molecule has 1 fully saturated rings. The molecule has 1 unspecified atom stereocenters. The number of unbranched alkanes of at least 4 members (excludes halogenated alkanes) is 1. The summed E-state index contributed by atoms with van der Waals surface area (Å²) in [6, 6.07) is 3.52. The van der Waals surface area contributed by atoms with Crippen LogP contribution < -0.4 is 4.74 Å². The van der Waals surface area contributed by atoms with Crippen LogP contribution in [0, 0.1) is 17.0 Å². The van der Waals surface area contributed by atoms with Gasteiger partial charge in [-0.05, 0) is 44.2 Å². The summed E-state index contributed by atoms with van der Waals surface area (Å²) in [6.07, 6.45) is 6.78. The lowest BCUT2D eigenvalue weighted by atomic mass is 9.94. The molecule has 0 radical (unpaired) electrons. The number of hydrogen-bond donors (Lipinski definition) is 0. The van der Waals surface area contributed by atoms with Gasteiger partial charge in [0, 0.05) is 5.41 Å². The Balaban J connectivity index is 1.50. The molecule has 5 nitrogen and oxygen atoms in total. The highest BCUT2D eigenvalue weighted by Gasteiger charge is 2.47. The fraction of sp³-hybridized carbons (Fsp3) is 0.500. The van der Waals surface area contributed by atoms with E-state index in [4.69, 9.17) is 4.74 Å². The summed E-state index contributed by atoms with van der Waals surface area (Å²) in [6.45, 7) is 2.24. The van der Waals surface area contributed by atoms with Gasteiger partial charge < -0.3 is 4.74 Å². The van der Waals surface area contributed by atoms with E-state index in [0.717, 1.165) is 18.9 Å². The zero-order valence-electron chi connectivity index (χ0n) is 14.1. The van der Waals surface area contributed by atoms with E-state index in [1.54, 1.807) is 11.0 Å². The molecule has 7 heteroatoms. The van der Waals surface area contributed by atoms with Gasteiger partial charge in [-0.15, -0.1) is 0 Å². The Morgan fingerprint density at radius 2 is 2.16 bits per heavy atom. The highest BCUT2D eigenvalue weighted by Crippen LogP contribution is 2.48. The van der Waals surface area contributed by atoms with Crippen LogP contribution in [-0.2, 0) is 4.79 Å². The average molecular weight is 349 g/mol. The molecule has 0 N–H and O–H groups in total. The van der Waals surface area contributed by atoms with Crippen LogP contribution in [0.2, 0.25) is 0 Å². The second kappa shape index (κ2) is 7.29. The molecule has 1 aliphatic carbocycles. The number of ether oxygens (including phenoxy) is 1. The van der Waals surface area contributed by atoms with Gasteiger partial charge in [-0.25, -0.2) is 14.1 Å². The Kier molecular flexibility index (Phi) is 5.11. The van der Waals surface area contributed by atoms with Crippen molar-refractivity contribution in [3.8, 4) is 5.75 Å². The number of carbonyl (C=O) groups excluding carboxylic acids is 1. The van der Waals surface area contributed by atoms with E-state index in [2.05, 4.69) is 10.1 Å². The minimum atomic E-state index is -0.972. The molecule has 0 saturated heterocycles. The zero-order valence-corrected chi connectivity index (χ0v) is 14.1. The van der Waals surface area contributed by atoms with Crippen molar-refractivity contribution in [1.82, 2.24) is 14.8 Å². The summed E-state index contributed by atoms with van der Waals surface area (Å²) in [7, 11) is 0. The van der Waals surface area contributed by atoms with Crippen molar-refractivity contribution >= 4 is 5.78 Å². The normalized spacial score (nSPS) is 16.4. The maximum Gasteiger partial charge on any atom is 0.200 e. The molecule has 0 aliphatic heterocycles. The van der Waals surface area contributed by atoms with Crippen LogP contribution in [-0.4, -0.2) is 27.2 Å². The maximum atomic E-state index is 13.5. The van der Waals surface area contributed by atoms with E-state index in [1.165, 1.54) is 18.5 Å². The van der Waals surface area contributed by atoms with Crippen molar-refractivity contribution in [2.24, 2.45) is 5.41 Å². The molecule has 1 atom stereocenters. The molecular formula is C18H21F2N3O2. The van der Waals surface area contributed by atoms with Gasteiger partial charge >= 0.3 is 0 Å². The first-order valence-electron chi connectivity index (χ1n) is 8.46. The summed E-state index contributed by atoms with van der Waals surface area (Å²) in [5.74, 6) is -1.80. The monoisotopic (exact) mass is 349 g/mol. The fourth-order valence-corrected chi connectivity index (χ4v) is 2.82. The number of Topliss-reactive ketones (excluding diaryl/α,β-unsaturated/α-hetero) is 1. The molecule has 1 saturated carbocycles. The van der Waals surface area contributed by atoms with Crippen LogP contribution >= 0.6 is 0 Å². The molecule has 3 rings (SSSR count). The number of nitrogens with zero attached hydrogens (tertiary/aromatic N) is 3. The number of rotatable bonds is 9. The van der Waals surface area contributed by atoms with Gasteiger partial charge in [0.05, 0.1) is 6.61 Å². The SMILES string of the molecule is CC1(C(=O)C(CCCCOc2cccc(F)c2F)n2cncn2)CC1. The summed E-state index contributed by atoms with van der Waals surface area (Å²) >= 11 is 0. The summed E-state index contributed by atoms with van der Waals surface area (Å²) in [4.78, 5) is 16.6. The minimum absolute atomic E-state index is 0.0885. The van der Waals surface area contributed by atoms with E-state index in [1.807, 2.05) is 6.92 Å². The van der Waals surface area contributed by atoms with Crippen LogP contribution in [0.25, 0.3) is 0 Å². The fourth-order valence-electron chi connectivity index (χ4n) is 2.82.